The zero-order valence-corrected chi connectivity index (χ0v) is 9.56. The summed E-state index contributed by atoms with van der Waals surface area (Å²) in [7, 11) is 0. The van der Waals surface area contributed by atoms with Crippen molar-refractivity contribution in [2.24, 2.45) is 0 Å². The maximum Gasteiger partial charge on any atom is 0.410 e. The fourth-order valence-corrected chi connectivity index (χ4v) is 1.62. The molecule has 15 heavy (non-hydrogen) atoms. The molecule has 0 spiro atoms. The van der Waals surface area contributed by atoms with Crippen molar-refractivity contribution in [1.29, 1.82) is 0 Å². The lowest BCUT2D eigenvalue weighted by atomic mass is 10.2. The molecule has 0 radical (unpaired) electrons. The van der Waals surface area contributed by atoms with Crippen LogP contribution in [-0.4, -0.2) is 40.4 Å². The summed E-state index contributed by atoms with van der Waals surface area (Å²) < 4.78 is 5.23. The van der Waals surface area contributed by atoms with Gasteiger partial charge in [-0.25, -0.2) is 4.79 Å². The lowest BCUT2D eigenvalue weighted by molar-refractivity contribution is 0.0207. The number of aliphatic hydroxyl groups is 1. The molecule has 0 saturated carbocycles. The summed E-state index contributed by atoms with van der Waals surface area (Å²) in [5, 5.41) is 9.59. The third-order valence-electron chi connectivity index (χ3n) is 2.29. The largest absolute Gasteiger partial charge is 0.444 e. The van der Waals surface area contributed by atoms with Gasteiger partial charge in [0.25, 0.3) is 0 Å². The highest BCUT2D eigenvalue weighted by atomic mass is 16.6. The SMILES string of the molecule is C=C[C@@H]1[C@H](O)CCN1C(=O)OC(C)(C)C. The molecule has 0 aromatic carbocycles. The Labute approximate surface area is 90.5 Å². The second-order valence-electron chi connectivity index (χ2n) is 4.76. The molecule has 2 atom stereocenters. The third kappa shape index (κ3) is 2.96. The Morgan fingerprint density at radius 3 is 2.67 bits per heavy atom. The maximum atomic E-state index is 11.7. The van der Waals surface area contributed by atoms with Crippen molar-refractivity contribution in [2.75, 3.05) is 6.54 Å². The predicted octanol–water partition coefficient (Wildman–Crippen LogP) is 1.54. The first-order chi connectivity index (χ1) is 6.85. The van der Waals surface area contributed by atoms with Crippen molar-refractivity contribution in [3.63, 3.8) is 0 Å². The molecule has 86 valence electrons. The number of rotatable bonds is 1. The van der Waals surface area contributed by atoms with E-state index >= 15 is 0 Å². The van der Waals surface area contributed by atoms with E-state index in [9.17, 15) is 9.90 Å². The maximum absolute atomic E-state index is 11.7. The molecule has 0 aliphatic carbocycles. The van der Waals surface area contributed by atoms with Gasteiger partial charge in [-0.2, -0.15) is 0 Å². The van der Waals surface area contributed by atoms with Gasteiger partial charge >= 0.3 is 6.09 Å². The van der Waals surface area contributed by atoms with Gasteiger partial charge in [-0.1, -0.05) is 6.08 Å². The zero-order valence-electron chi connectivity index (χ0n) is 9.56. The fraction of sp³-hybridized carbons (Fsp3) is 0.727. The van der Waals surface area contributed by atoms with E-state index < -0.39 is 11.7 Å². The second-order valence-corrected chi connectivity index (χ2v) is 4.76. The van der Waals surface area contributed by atoms with Crippen LogP contribution in [0.4, 0.5) is 4.79 Å². The third-order valence-corrected chi connectivity index (χ3v) is 2.29. The van der Waals surface area contributed by atoms with Crippen molar-refractivity contribution in [2.45, 2.75) is 44.9 Å². The summed E-state index contributed by atoms with van der Waals surface area (Å²) in [5.41, 5.74) is -0.504. The zero-order chi connectivity index (χ0) is 11.6. The van der Waals surface area contributed by atoms with E-state index in [-0.39, 0.29) is 12.1 Å². The average molecular weight is 213 g/mol. The van der Waals surface area contributed by atoms with Crippen molar-refractivity contribution < 1.29 is 14.6 Å². The Bertz CT molecular complexity index is 257. The minimum absolute atomic E-state index is 0.320. The summed E-state index contributed by atoms with van der Waals surface area (Å²) in [6.07, 6.45) is 1.26. The number of ether oxygens (including phenoxy) is 1. The topological polar surface area (TPSA) is 49.8 Å². The van der Waals surface area contributed by atoms with Gasteiger partial charge in [-0.3, -0.25) is 4.90 Å². The number of aliphatic hydroxyl groups excluding tert-OH is 1. The Morgan fingerprint density at radius 2 is 2.20 bits per heavy atom. The molecule has 0 aromatic rings. The molecule has 1 amide bonds. The first-order valence-corrected chi connectivity index (χ1v) is 5.15. The van der Waals surface area contributed by atoms with Crippen LogP contribution in [-0.2, 0) is 4.74 Å². The lowest BCUT2D eigenvalue weighted by Crippen LogP contribution is -2.41. The van der Waals surface area contributed by atoms with E-state index in [0.717, 1.165) is 0 Å². The number of likely N-dealkylation sites (tertiary alicyclic amines) is 1. The quantitative estimate of drug-likeness (QED) is 0.672. The molecule has 0 aromatic heterocycles. The number of nitrogens with zero attached hydrogens (tertiary/aromatic N) is 1. The van der Waals surface area contributed by atoms with Gasteiger partial charge in [0.15, 0.2) is 0 Å². The molecule has 0 bridgehead atoms. The van der Waals surface area contributed by atoms with E-state index in [2.05, 4.69) is 6.58 Å². The van der Waals surface area contributed by atoms with Crippen LogP contribution in [0.2, 0.25) is 0 Å². The van der Waals surface area contributed by atoms with Gasteiger partial charge in [-0.05, 0) is 27.2 Å². The van der Waals surface area contributed by atoms with Gasteiger partial charge < -0.3 is 9.84 Å². The first kappa shape index (κ1) is 12.0. The molecular formula is C11H19NO3. The highest BCUT2D eigenvalue weighted by Gasteiger charge is 2.36. The van der Waals surface area contributed by atoms with Crippen LogP contribution in [0.5, 0.6) is 0 Å². The van der Waals surface area contributed by atoms with E-state index in [4.69, 9.17) is 4.74 Å². The van der Waals surface area contributed by atoms with Crippen LogP contribution in [0.1, 0.15) is 27.2 Å². The van der Waals surface area contributed by atoms with Crippen molar-refractivity contribution in [3.05, 3.63) is 12.7 Å². The highest BCUT2D eigenvalue weighted by Crippen LogP contribution is 2.21. The number of carbonyl (C=O) groups excluding carboxylic acids is 1. The molecule has 1 heterocycles. The smallest absolute Gasteiger partial charge is 0.410 e. The van der Waals surface area contributed by atoms with Crippen LogP contribution in [0.15, 0.2) is 12.7 Å². The average Bonchev–Trinajstić information content (AvgIpc) is 2.43. The van der Waals surface area contributed by atoms with Gasteiger partial charge in [0.1, 0.15) is 5.60 Å². The van der Waals surface area contributed by atoms with E-state index in [1.54, 1.807) is 6.08 Å². The van der Waals surface area contributed by atoms with Gasteiger partial charge in [0.2, 0.25) is 0 Å². The number of amides is 1. The number of hydrogen-bond donors (Lipinski definition) is 1. The molecule has 4 heteroatoms. The van der Waals surface area contributed by atoms with Crippen molar-refractivity contribution in [3.8, 4) is 0 Å². The number of carbonyl (C=O) groups is 1. The van der Waals surface area contributed by atoms with E-state index in [1.165, 1.54) is 4.90 Å². The minimum Gasteiger partial charge on any atom is -0.444 e. The van der Waals surface area contributed by atoms with Gasteiger partial charge in [-0.15, -0.1) is 6.58 Å². The summed E-state index contributed by atoms with van der Waals surface area (Å²) in [6, 6.07) is -0.320. The summed E-state index contributed by atoms with van der Waals surface area (Å²) in [4.78, 5) is 13.2. The van der Waals surface area contributed by atoms with Crippen LogP contribution in [0, 0.1) is 0 Å². The Balaban J connectivity index is 2.64. The molecule has 1 saturated heterocycles. The van der Waals surface area contributed by atoms with Crippen molar-refractivity contribution in [1.82, 2.24) is 4.90 Å². The molecule has 4 nitrogen and oxygen atoms in total. The molecule has 1 aliphatic rings. The lowest BCUT2D eigenvalue weighted by Gasteiger charge is -2.27. The van der Waals surface area contributed by atoms with Crippen LogP contribution >= 0.6 is 0 Å². The molecule has 1 fully saturated rings. The summed E-state index contributed by atoms with van der Waals surface area (Å²) in [5.74, 6) is 0. The van der Waals surface area contributed by atoms with Crippen molar-refractivity contribution >= 4 is 6.09 Å². The summed E-state index contributed by atoms with van der Waals surface area (Å²) >= 11 is 0. The monoisotopic (exact) mass is 213 g/mol. The Hall–Kier alpha value is -1.03. The second kappa shape index (κ2) is 4.23. The fourth-order valence-electron chi connectivity index (χ4n) is 1.62. The van der Waals surface area contributed by atoms with E-state index in [1.807, 2.05) is 20.8 Å². The minimum atomic E-state index is -0.519. The normalized spacial score (nSPS) is 26.5. The van der Waals surface area contributed by atoms with Crippen LogP contribution < -0.4 is 0 Å². The van der Waals surface area contributed by atoms with Gasteiger partial charge in [0.05, 0.1) is 12.1 Å². The molecular weight excluding hydrogens is 194 g/mol. The van der Waals surface area contributed by atoms with Crippen LogP contribution in [0.25, 0.3) is 0 Å². The van der Waals surface area contributed by atoms with Gasteiger partial charge in [0, 0.05) is 6.54 Å². The van der Waals surface area contributed by atoms with E-state index in [0.29, 0.717) is 13.0 Å². The predicted molar refractivity (Wildman–Crippen MR) is 57.5 cm³/mol. The molecule has 0 unspecified atom stereocenters. The number of hydrogen-bond acceptors (Lipinski definition) is 3. The summed E-state index contributed by atoms with van der Waals surface area (Å²) in [6.45, 7) is 9.59. The highest BCUT2D eigenvalue weighted by molar-refractivity contribution is 5.69. The Kier molecular flexibility index (Phi) is 3.39. The van der Waals surface area contributed by atoms with Crippen LogP contribution in [0.3, 0.4) is 0 Å². The molecule has 1 rings (SSSR count). The molecule has 1 N–H and O–H groups in total. The first-order valence-electron chi connectivity index (χ1n) is 5.15. The standard InChI is InChI=1S/C11H19NO3/c1-5-8-9(13)6-7-12(8)10(14)15-11(2,3)4/h5,8-9,13H,1,6-7H2,2-4H3/t8-,9-/m1/s1. The Morgan fingerprint density at radius 1 is 1.60 bits per heavy atom. The molecule has 1 aliphatic heterocycles.